The lowest BCUT2D eigenvalue weighted by atomic mass is 9.96. The first-order valence-corrected chi connectivity index (χ1v) is 10.1. The van der Waals surface area contributed by atoms with E-state index in [2.05, 4.69) is 10.0 Å². The highest BCUT2D eigenvalue weighted by Gasteiger charge is 2.29. The summed E-state index contributed by atoms with van der Waals surface area (Å²) in [7, 11) is -3.87. The van der Waals surface area contributed by atoms with E-state index in [-0.39, 0.29) is 24.1 Å². The van der Waals surface area contributed by atoms with E-state index in [4.69, 9.17) is 9.47 Å². The van der Waals surface area contributed by atoms with Gasteiger partial charge >= 0.3 is 0 Å². The maximum Gasteiger partial charge on any atom is 0.240 e. The Hall–Kier alpha value is -2.62. The fourth-order valence-corrected chi connectivity index (χ4v) is 4.24. The van der Waals surface area contributed by atoms with Crippen molar-refractivity contribution in [3.8, 4) is 11.5 Å². The van der Waals surface area contributed by atoms with E-state index in [0.717, 1.165) is 0 Å². The number of hydrogen-bond donors (Lipinski definition) is 3. The summed E-state index contributed by atoms with van der Waals surface area (Å²) in [5, 5.41) is 13.4. The number of sulfonamides is 1. The molecule has 0 aromatic heterocycles. The van der Waals surface area contributed by atoms with Gasteiger partial charge in [-0.25, -0.2) is 13.1 Å². The zero-order valence-corrected chi connectivity index (χ0v) is 16.6. The van der Waals surface area contributed by atoms with Crippen LogP contribution in [0, 0.1) is 6.92 Å². The highest BCUT2D eigenvalue weighted by molar-refractivity contribution is 7.89. The molecule has 8 nitrogen and oxygen atoms in total. The standard InChI is InChI=1S/C19H22N2O6S/c1-12-8-15(21-13(2)22)5-7-18(12)28(24,25)20-10-19(3,23)14-4-6-16-17(9-14)27-11-26-16/h4-9,20,23H,10-11H2,1-3H3,(H,21,22). The van der Waals surface area contributed by atoms with Crippen molar-refractivity contribution in [3.63, 3.8) is 0 Å². The molecule has 9 heteroatoms. The number of fused-ring (bicyclic) bond motifs is 1. The van der Waals surface area contributed by atoms with Crippen molar-refractivity contribution in [1.29, 1.82) is 0 Å². The Kier molecular flexibility index (Phi) is 5.33. The molecule has 2 aromatic rings. The molecule has 150 valence electrons. The summed E-state index contributed by atoms with van der Waals surface area (Å²) in [6, 6.07) is 9.47. The van der Waals surface area contributed by atoms with Crippen molar-refractivity contribution in [2.24, 2.45) is 0 Å². The van der Waals surface area contributed by atoms with Gasteiger partial charge in [0.2, 0.25) is 22.7 Å². The summed E-state index contributed by atoms with van der Waals surface area (Å²) >= 11 is 0. The molecular weight excluding hydrogens is 384 g/mol. The second kappa shape index (κ2) is 7.42. The van der Waals surface area contributed by atoms with Crippen molar-refractivity contribution in [1.82, 2.24) is 4.72 Å². The number of carbonyl (C=O) groups excluding carboxylic acids is 1. The van der Waals surface area contributed by atoms with Crippen molar-refractivity contribution in [3.05, 3.63) is 47.5 Å². The topological polar surface area (TPSA) is 114 Å². The van der Waals surface area contributed by atoms with E-state index in [1.54, 1.807) is 31.2 Å². The summed E-state index contributed by atoms with van der Waals surface area (Å²) in [4.78, 5) is 11.2. The minimum absolute atomic E-state index is 0.0723. The van der Waals surface area contributed by atoms with Gasteiger partial charge < -0.3 is 19.9 Å². The Balaban J connectivity index is 1.76. The molecule has 0 spiro atoms. The molecule has 1 aliphatic rings. The number of ether oxygens (including phenoxy) is 2. The molecule has 0 bridgehead atoms. The molecule has 0 saturated heterocycles. The first-order chi connectivity index (χ1) is 13.1. The molecular formula is C19H22N2O6S. The fourth-order valence-electron chi connectivity index (χ4n) is 2.88. The molecule has 1 heterocycles. The van der Waals surface area contributed by atoms with E-state index in [0.29, 0.717) is 28.3 Å². The first-order valence-electron chi connectivity index (χ1n) is 8.59. The maximum atomic E-state index is 12.7. The van der Waals surface area contributed by atoms with E-state index in [9.17, 15) is 18.3 Å². The zero-order chi connectivity index (χ0) is 20.5. The third kappa shape index (κ3) is 4.27. The van der Waals surface area contributed by atoms with Crippen LogP contribution in [0.2, 0.25) is 0 Å². The van der Waals surface area contributed by atoms with Gasteiger partial charge in [-0.3, -0.25) is 4.79 Å². The van der Waals surface area contributed by atoms with Crippen LogP contribution in [0.4, 0.5) is 5.69 Å². The monoisotopic (exact) mass is 406 g/mol. The Bertz CT molecular complexity index is 1020. The number of aryl methyl sites for hydroxylation is 1. The molecule has 1 atom stereocenters. The van der Waals surface area contributed by atoms with Gasteiger partial charge in [0.15, 0.2) is 11.5 Å². The van der Waals surface area contributed by atoms with Gasteiger partial charge in [0.05, 0.1) is 4.90 Å². The minimum Gasteiger partial charge on any atom is -0.454 e. The second-order valence-corrected chi connectivity index (χ2v) is 8.56. The van der Waals surface area contributed by atoms with Gasteiger partial charge in [0.1, 0.15) is 5.60 Å². The van der Waals surface area contributed by atoms with Gasteiger partial charge in [0, 0.05) is 19.2 Å². The molecule has 1 unspecified atom stereocenters. The van der Waals surface area contributed by atoms with E-state index in [1.165, 1.54) is 26.0 Å². The predicted octanol–water partition coefficient (Wildman–Crippen LogP) is 1.87. The predicted molar refractivity (Wildman–Crippen MR) is 103 cm³/mol. The van der Waals surface area contributed by atoms with Gasteiger partial charge in [-0.2, -0.15) is 0 Å². The van der Waals surface area contributed by atoms with E-state index < -0.39 is 15.6 Å². The van der Waals surface area contributed by atoms with Crippen LogP contribution in [0.3, 0.4) is 0 Å². The number of aliphatic hydroxyl groups is 1. The number of carbonyl (C=O) groups is 1. The van der Waals surface area contributed by atoms with Crippen LogP contribution < -0.4 is 19.5 Å². The summed E-state index contributed by atoms with van der Waals surface area (Å²) < 4.78 is 38.4. The highest BCUT2D eigenvalue weighted by Crippen LogP contribution is 2.35. The quantitative estimate of drug-likeness (QED) is 0.675. The first kappa shape index (κ1) is 20.1. The van der Waals surface area contributed by atoms with E-state index >= 15 is 0 Å². The number of benzene rings is 2. The molecule has 0 saturated carbocycles. The van der Waals surface area contributed by atoms with Crippen LogP contribution in [0.1, 0.15) is 25.0 Å². The Labute approximate surface area is 163 Å². The van der Waals surface area contributed by atoms with Crippen LogP contribution >= 0.6 is 0 Å². The molecule has 2 aromatic carbocycles. The van der Waals surface area contributed by atoms with Gasteiger partial charge in [0.25, 0.3) is 0 Å². The molecule has 1 aliphatic heterocycles. The lowest BCUT2D eigenvalue weighted by molar-refractivity contribution is -0.114. The molecule has 3 rings (SSSR count). The largest absolute Gasteiger partial charge is 0.454 e. The average Bonchev–Trinajstić information content (AvgIpc) is 3.07. The van der Waals surface area contributed by atoms with Crippen LogP contribution in [0.15, 0.2) is 41.3 Å². The van der Waals surface area contributed by atoms with Crippen molar-refractivity contribution >= 4 is 21.6 Å². The van der Waals surface area contributed by atoms with Crippen LogP contribution in [-0.4, -0.2) is 32.8 Å². The molecule has 0 aliphatic carbocycles. The van der Waals surface area contributed by atoms with Gasteiger partial charge in [-0.05, 0) is 55.3 Å². The molecule has 0 radical (unpaired) electrons. The van der Waals surface area contributed by atoms with E-state index in [1.807, 2.05) is 0 Å². The Morgan fingerprint density at radius 3 is 2.57 bits per heavy atom. The number of rotatable bonds is 6. The van der Waals surface area contributed by atoms with Crippen molar-refractivity contribution < 1.29 is 27.8 Å². The summed E-state index contributed by atoms with van der Waals surface area (Å²) in [6.07, 6.45) is 0. The number of nitrogens with one attached hydrogen (secondary N) is 2. The Morgan fingerprint density at radius 1 is 1.18 bits per heavy atom. The van der Waals surface area contributed by atoms with Crippen molar-refractivity contribution in [2.75, 3.05) is 18.7 Å². The van der Waals surface area contributed by atoms with Gasteiger partial charge in [-0.15, -0.1) is 0 Å². The zero-order valence-electron chi connectivity index (χ0n) is 15.8. The highest BCUT2D eigenvalue weighted by atomic mass is 32.2. The lowest BCUT2D eigenvalue weighted by Crippen LogP contribution is -2.38. The fraction of sp³-hybridized carbons (Fsp3) is 0.316. The molecule has 28 heavy (non-hydrogen) atoms. The van der Waals surface area contributed by atoms with Crippen LogP contribution in [0.5, 0.6) is 11.5 Å². The third-order valence-electron chi connectivity index (χ3n) is 4.39. The normalized spacial score (nSPS) is 15.1. The average molecular weight is 406 g/mol. The summed E-state index contributed by atoms with van der Waals surface area (Å²) in [6.45, 7) is 4.40. The summed E-state index contributed by atoms with van der Waals surface area (Å²) in [5.74, 6) is 0.841. The molecule has 1 amide bonds. The minimum atomic E-state index is -3.87. The number of hydrogen-bond acceptors (Lipinski definition) is 6. The van der Waals surface area contributed by atoms with Gasteiger partial charge in [-0.1, -0.05) is 6.07 Å². The van der Waals surface area contributed by atoms with Crippen molar-refractivity contribution in [2.45, 2.75) is 31.3 Å². The Morgan fingerprint density at radius 2 is 1.89 bits per heavy atom. The number of amides is 1. The number of anilines is 1. The second-order valence-electron chi connectivity index (χ2n) is 6.83. The molecule has 0 fully saturated rings. The lowest BCUT2D eigenvalue weighted by Gasteiger charge is -2.24. The molecule has 3 N–H and O–H groups in total. The maximum absolute atomic E-state index is 12.7. The summed E-state index contributed by atoms with van der Waals surface area (Å²) in [5.41, 5.74) is 0.0212. The van der Waals surface area contributed by atoms with Crippen LogP contribution in [-0.2, 0) is 20.4 Å². The van der Waals surface area contributed by atoms with Crippen LogP contribution in [0.25, 0.3) is 0 Å². The SMILES string of the molecule is CC(=O)Nc1ccc(S(=O)(=O)NCC(C)(O)c2ccc3c(c2)OCO3)c(C)c1. The third-order valence-corrected chi connectivity index (χ3v) is 5.95. The smallest absolute Gasteiger partial charge is 0.240 e.